The minimum absolute atomic E-state index is 0.171. The third-order valence-electron chi connectivity index (χ3n) is 2.42. The second-order valence-corrected chi connectivity index (χ2v) is 4.75. The third-order valence-corrected chi connectivity index (χ3v) is 2.91. The van der Waals surface area contributed by atoms with E-state index in [1.54, 1.807) is 0 Å². The van der Waals surface area contributed by atoms with Crippen LogP contribution >= 0.6 is 15.9 Å². The molecule has 2 aromatic rings. The fourth-order valence-electron chi connectivity index (χ4n) is 1.57. The molecule has 2 rings (SSSR count). The van der Waals surface area contributed by atoms with Crippen LogP contribution in [0.4, 0.5) is 14.5 Å². The van der Waals surface area contributed by atoms with E-state index in [1.807, 2.05) is 24.3 Å². The van der Waals surface area contributed by atoms with Crippen LogP contribution in [0.5, 0.6) is 5.75 Å². The summed E-state index contributed by atoms with van der Waals surface area (Å²) in [6.07, 6.45) is 0. The molecule has 0 saturated heterocycles. The molecule has 5 heteroatoms. The molecule has 2 nitrogen and oxygen atoms in total. The van der Waals surface area contributed by atoms with Gasteiger partial charge in [0, 0.05) is 16.7 Å². The second-order valence-electron chi connectivity index (χ2n) is 3.84. The molecule has 0 atom stereocenters. The zero-order chi connectivity index (χ0) is 13.7. The number of halogens is 3. The molecule has 0 aliphatic rings. The van der Waals surface area contributed by atoms with Gasteiger partial charge in [0.05, 0.1) is 0 Å². The van der Waals surface area contributed by atoms with Crippen molar-refractivity contribution in [3.63, 3.8) is 0 Å². The number of nitrogens with one attached hydrogen (secondary N) is 1. The van der Waals surface area contributed by atoms with Crippen LogP contribution in [-0.2, 0) is 0 Å². The fourth-order valence-corrected chi connectivity index (χ4v) is 1.97. The summed E-state index contributed by atoms with van der Waals surface area (Å²) in [4.78, 5) is 0. The van der Waals surface area contributed by atoms with E-state index in [0.717, 1.165) is 10.2 Å². The highest BCUT2D eigenvalue weighted by molar-refractivity contribution is 9.10. The van der Waals surface area contributed by atoms with E-state index in [1.165, 1.54) is 18.2 Å². The van der Waals surface area contributed by atoms with Crippen LogP contribution in [0.2, 0.25) is 0 Å². The average Bonchev–Trinajstić information content (AvgIpc) is 2.37. The molecule has 0 aromatic heterocycles. The minimum atomic E-state index is -0.692. The predicted octanol–water partition coefficient (Wildman–Crippen LogP) is 4.22. The summed E-state index contributed by atoms with van der Waals surface area (Å²) in [6.45, 7) is 0.620. The number of para-hydroxylation sites is 1. The molecule has 2 aromatic carbocycles. The van der Waals surface area contributed by atoms with E-state index in [9.17, 15) is 8.78 Å². The van der Waals surface area contributed by atoms with Crippen LogP contribution < -0.4 is 10.1 Å². The normalized spacial score (nSPS) is 10.3. The molecular formula is C14H12BrF2NO. The van der Waals surface area contributed by atoms with Gasteiger partial charge in [0.15, 0.2) is 17.4 Å². The molecule has 0 aliphatic carbocycles. The van der Waals surface area contributed by atoms with Crippen LogP contribution in [0.1, 0.15) is 0 Å². The Kier molecular flexibility index (Phi) is 4.74. The van der Waals surface area contributed by atoms with Gasteiger partial charge in [-0.2, -0.15) is 0 Å². The van der Waals surface area contributed by atoms with Gasteiger partial charge in [0.25, 0.3) is 0 Å². The van der Waals surface area contributed by atoms with Crippen LogP contribution in [0.15, 0.2) is 46.9 Å². The van der Waals surface area contributed by atoms with Crippen molar-refractivity contribution in [2.45, 2.75) is 0 Å². The molecular weight excluding hydrogens is 316 g/mol. The average molecular weight is 328 g/mol. The Morgan fingerprint density at radius 1 is 1.05 bits per heavy atom. The Morgan fingerprint density at radius 2 is 1.74 bits per heavy atom. The quantitative estimate of drug-likeness (QED) is 0.830. The van der Waals surface area contributed by atoms with Gasteiger partial charge < -0.3 is 10.1 Å². The van der Waals surface area contributed by atoms with Crippen molar-refractivity contribution in [1.82, 2.24) is 0 Å². The van der Waals surface area contributed by atoms with Gasteiger partial charge in [-0.25, -0.2) is 8.78 Å². The van der Waals surface area contributed by atoms with Crippen LogP contribution in [0.25, 0.3) is 0 Å². The molecule has 19 heavy (non-hydrogen) atoms. The second kappa shape index (κ2) is 6.52. The number of hydrogen-bond acceptors (Lipinski definition) is 2. The first kappa shape index (κ1) is 13.8. The van der Waals surface area contributed by atoms with Crippen molar-refractivity contribution >= 4 is 21.6 Å². The topological polar surface area (TPSA) is 21.3 Å². The number of anilines is 1. The maximum Gasteiger partial charge on any atom is 0.190 e. The SMILES string of the molecule is Fc1cccc(F)c1OCCNc1cccc(Br)c1. The van der Waals surface area contributed by atoms with Crippen molar-refractivity contribution < 1.29 is 13.5 Å². The lowest BCUT2D eigenvalue weighted by atomic mass is 10.3. The van der Waals surface area contributed by atoms with Crippen LogP contribution in [-0.4, -0.2) is 13.2 Å². The van der Waals surface area contributed by atoms with E-state index >= 15 is 0 Å². The highest BCUT2D eigenvalue weighted by atomic mass is 79.9. The van der Waals surface area contributed by atoms with Crippen LogP contribution in [0, 0.1) is 11.6 Å². The van der Waals surface area contributed by atoms with Crippen molar-refractivity contribution in [1.29, 1.82) is 0 Å². The molecule has 0 unspecified atom stereocenters. The Labute approximate surface area is 118 Å². The summed E-state index contributed by atoms with van der Waals surface area (Å²) >= 11 is 3.36. The highest BCUT2D eigenvalue weighted by Gasteiger charge is 2.08. The van der Waals surface area contributed by atoms with Gasteiger partial charge in [-0.15, -0.1) is 0 Å². The fraction of sp³-hybridized carbons (Fsp3) is 0.143. The number of rotatable bonds is 5. The lowest BCUT2D eigenvalue weighted by molar-refractivity contribution is 0.297. The molecule has 0 saturated carbocycles. The zero-order valence-corrected chi connectivity index (χ0v) is 11.6. The van der Waals surface area contributed by atoms with E-state index in [-0.39, 0.29) is 12.4 Å². The molecule has 0 radical (unpaired) electrons. The summed E-state index contributed by atoms with van der Waals surface area (Å²) in [5.74, 6) is -1.72. The van der Waals surface area contributed by atoms with Gasteiger partial charge >= 0.3 is 0 Å². The lowest BCUT2D eigenvalue weighted by Gasteiger charge is -2.10. The van der Waals surface area contributed by atoms with E-state index in [0.29, 0.717) is 6.54 Å². The molecule has 100 valence electrons. The first-order chi connectivity index (χ1) is 9.16. The lowest BCUT2D eigenvalue weighted by Crippen LogP contribution is -2.12. The molecule has 1 N–H and O–H groups in total. The Balaban J connectivity index is 1.84. The summed E-state index contributed by atoms with van der Waals surface area (Å²) < 4.78 is 32.6. The number of ether oxygens (including phenoxy) is 1. The monoisotopic (exact) mass is 327 g/mol. The standard InChI is InChI=1S/C14H12BrF2NO/c15-10-3-1-4-11(9-10)18-7-8-19-14-12(16)5-2-6-13(14)17/h1-6,9,18H,7-8H2. The minimum Gasteiger partial charge on any atom is -0.486 e. The summed E-state index contributed by atoms with van der Waals surface area (Å²) in [5, 5.41) is 3.09. The summed E-state index contributed by atoms with van der Waals surface area (Å²) in [6, 6.07) is 11.2. The molecule has 0 heterocycles. The maximum absolute atomic E-state index is 13.3. The third kappa shape index (κ3) is 3.92. The van der Waals surface area contributed by atoms with Crippen LogP contribution in [0.3, 0.4) is 0 Å². The molecule has 0 fully saturated rings. The van der Waals surface area contributed by atoms with E-state index < -0.39 is 11.6 Å². The molecule has 0 amide bonds. The van der Waals surface area contributed by atoms with Gasteiger partial charge in [0.1, 0.15) is 6.61 Å². The largest absolute Gasteiger partial charge is 0.486 e. The Morgan fingerprint density at radius 3 is 2.42 bits per heavy atom. The van der Waals surface area contributed by atoms with Gasteiger partial charge in [-0.05, 0) is 30.3 Å². The van der Waals surface area contributed by atoms with Crippen molar-refractivity contribution in [3.05, 3.63) is 58.6 Å². The van der Waals surface area contributed by atoms with E-state index in [2.05, 4.69) is 21.2 Å². The first-order valence-corrected chi connectivity index (χ1v) is 6.52. The van der Waals surface area contributed by atoms with Gasteiger partial charge in [0.2, 0.25) is 0 Å². The van der Waals surface area contributed by atoms with Crippen molar-refractivity contribution in [3.8, 4) is 5.75 Å². The van der Waals surface area contributed by atoms with Crippen molar-refractivity contribution in [2.24, 2.45) is 0 Å². The first-order valence-electron chi connectivity index (χ1n) is 5.73. The predicted molar refractivity (Wildman–Crippen MR) is 74.5 cm³/mol. The Bertz CT molecular complexity index is 543. The molecule has 0 aliphatic heterocycles. The summed E-state index contributed by atoms with van der Waals surface area (Å²) in [5.41, 5.74) is 0.909. The van der Waals surface area contributed by atoms with Gasteiger partial charge in [-0.1, -0.05) is 28.1 Å². The molecule has 0 spiro atoms. The number of hydrogen-bond donors (Lipinski definition) is 1. The van der Waals surface area contributed by atoms with Crippen molar-refractivity contribution in [2.75, 3.05) is 18.5 Å². The zero-order valence-electron chi connectivity index (χ0n) is 10.00. The van der Waals surface area contributed by atoms with Gasteiger partial charge in [-0.3, -0.25) is 0 Å². The van der Waals surface area contributed by atoms with E-state index in [4.69, 9.17) is 4.74 Å². The number of benzene rings is 2. The smallest absolute Gasteiger partial charge is 0.190 e. The maximum atomic E-state index is 13.3. The summed E-state index contributed by atoms with van der Waals surface area (Å²) in [7, 11) is 0. The Hall–Kier alpha value is -1.62. The highest BCUT2D eigenvalue weighted by Crippen LogP contribution is 2.20. The molecule has 0 bridgehead atoms.